The molecular weight excluding hydrogens is 560 g/mol. The Morgan fingerprint density at radius 2 is 1.82 bits per heavy atom. The lowest BCUT2D eigenvalue weighted by molar-refractivity contribution is -0.141. The van der Waals surface area contributed by atoms with Gasteiger partial charge in [-0.1, -0.05) is 13.8 Å². The first kappa shape index (κ1) is 29.3. The van der Waals surface area contributed by atoms with Crippen LogP contribution in [0.5, 0.6) is 0 Å². The van der Waals surface area contributed by atoms with E-state index in [4.69, 9.17) is 5.11 Å². The lowest BCUT2D eigenvalue weighted by Crippen LogP contribution is -2.61. The van der Waals surface area contributed by atoms with Crippen LogP contribution < -0.4 is 15.1 Å². The SMILES string of the molecule is CC(C)[C@@H]1CN(c2ccc(F)c(S(C)(=O)=O)c2)CCN1c1ncc(C(=O)N2CC(NC(=O)O)C2)c(C(F)(F)F)n1. The van der Waals surface area contributed by atoms with Crippen LogP contribution in [0.15, 0.2) is 29.3 Å². The molecule has 0 saturated carbocycles. The molecule has 2 fully saturated rings. The van der Waals surface area contributed by atoms with Crippen LogP contribution in [0.1, 0.15) is 29.9 Å². The van der Waals surface area contributed by atoms with Gasteiger partial charge in [0.1, 0.15) is 10.7 Å². The summed E-state index contributed by atoms with van der Waals surface area (Å²) in [5.74, 6) is -2.14. The van der Waals surface area contributed by atoms with Crippen molar-refractivity contribution in [3.8, 4) is 0 Å². The second-order valence-corrected chi connectivity index (χ2v) is 12.1. The quantitative estimate of drug-likeness (QED) is 0.488. The highest BCUT2D eigenvalue weighted by Gasteiger charge is 2.42. The van der Waals surface area contributed by atoms with Crippen molar-refractivity contribution in [2.75, 3.05) is 48.8 Å². The van der Waals surface area contributed by atoms with E-state index in [1.807, 2.05) is 18.7 Å². The molecule has 0 radical (unpaired) electrons. The number of likely N-dealkylation sites (tertiary alicyclic amines) is 1. The van der Waals surface area contributed by atoms with E-state index >= 15 is 0 Å². The van der Waals surface area contributed by atoms with Gasteiger partial charge in [-0.05, 0) is 24.1 Å². The van der Waals surface area contributed by atoms with Crippen LogP contribution in [-0.2, 0) is 16.0 Å². The standard InChI is InChI=1S/C24H28F4N6O5S/c1-13(2)18-12-32(15-4-5-17(25)19(8-15)40(3,38)39)6-7-34(18)22-29-9-16(20(31-22)24(26,27)28)21(35)33-10-14(11-33)30-23(36)37/h4-5,8-9,13-14,18,30H,6-7,10-12H2,1-3H3,(H,36,37)/t18-/m0/s1. The largest absolute Gasteiger partial charge is 0.465 e. The van der Waals surface area contributed by atoms with Gasteiger partial charge in [0, 0.05) is 50.9 Å². The van der Waals surface area contributed by atoms with Crippen molar-refractivity contribution in [1.29, 1.82) is 0 Å². The topological polar surface area (TPSA) is 136 Å². The second-order valence-electron chi connectivity index (χ2n) is 10.1. The molecule has 4 rings (SSSR count). The molecule has 0 bridgehead atoms. The van der Waals surface area contributed by atoms with Crippen molar-refractivity contribution < 1.29 is 40.7 Å². The van der Waals surface area contributed by atoms with Gasteiger partial charge in [-0.2, -0.15) is 13.2 Å². The van der Waals surface area contributed by atoms with E-state index in [9.17, 15) is 35.6 Å². The monoisotopic (exact) mass is 588 g/mol. The average Bonchev–Trinajstić information content (AvgIpc) is 2.83. The van der Waals surface area contributed by atoms with E-state index in [2.05, 4.69) is 15.3 Å². The van der Waals surface area contributed by atoms with Crippen LogP contribution in [0.25, 0.3) is 0 Å². The van der Waals surface area contributed by atoms with Gasteiger partial charge in [-0.3, -0.25) is 4.79 Å². The Morgan fingerprint density at radius 3 is 2.40 bits per heavy atom. The summed E-state index contributed by atoms with van der Waals surface area (Å²) in [6.07, 6.45) is -4.51. The number of amides is 2. The zero-order valence-electron chi connectivity index (χ0n) is 21.8. The Morgan fingerprint density at radius 1 is 1.15 bits per heavy atom. The van der Waals surface area contributed by atoms with Gasteiger partial charge >= 0.3 is 12.3 Å². The second kappa shape index (κ2) is 10.7. The average molecular weight is 589 g/mol. The number of nitrogens with zero attached hydrogens (tertiary/aromatic N) is 5. The van der Waals surface area contributed by atoms with Crippen molar-refractivity contribution >= 4 is 33.5 Å². The number of benzene rings is 1. The van der Waals surface area contributed by atoms with Crippen LogP contribution in [0.2, 0.25) is 0 Å². The number of carbonyl (C=O) groups is 2. The number of nitrogens with one attached hydrogen (secondary N) is 1. The molecule has 2 amide bonds. The molecule has 0 spiro atoms. The van der Waals surface area contributed by atoms with E-state index in [0.29, 0.717) is 5.69 Å². The number of anilines is 2. The Labute approximate surface area is 227 Å². The molecule has 2 N–H and O–H groups in total. The number of carbonyl (C=O) groups excluding carboxylic acids is 1. The smallest absolute Gasteiger partial charge is 0.434 e. The third-order valence-electron chi connectivity index (χ3n) is 6.90. The number of halogens is 4. The van der Waals surface area contributed by atoms with Crippen molar-refractivity contribution in [3.63, 3.8) is 0 Å². The van der Waals surface area contributed by atoms with Gasteiger partial charge in [-0.15, -0.1) is 0 Å². The molecule has 3 heterocycles. The maximum Gasteiger partial charge on any atom is 0.434 e. The first-order valence-corrected chi connectivity index (χ1v) is 14.2. The maximum atomic E-state index is 14.1. The molecule has 1 aromatic carbocycles. The van der Waals surface area contributed by atoms with Gasteiger partial charge < -0.3 is 25.1 Å². The molecule has 2 aromatic rings. The highest BCUT2D eigenvalue weighted by molar-refractivity contribution is 7.90. The molecule has 2 aliphatic heterocycles. The molecule has 0 unspecified atom stereocenters. The zero-order valence-corrected chi connectivity index (χ0v) is 22.6. The van der Waals surface area contributed by atoms with E-state index in [-0.39, 0.29) is 44.6 Å². The number of hydrogen-bond acceptors (Lipinski definition) is 8. The molecule has 2 aliphatic rings. The fourth-order valence-corrected chi connectivity index (χ4v) is 5.56. The van der Waals surface area contributed by atoms with Crippen molar-refractivity contribution in [3.05, 3.63) is 41.5 Å². The first-order chi connectivity index (χ1) is 18.6. The Bertz CT molecular complexity index is 1410. The molecular formula is C24H28F4N6O5S. The zero-order chi connectivity index (χ0) is 29.6. The van der Waals surface area contributed by atoms with Gasteiger partial charge in [-0.25, -0.2) is 27.6 Å². The molecule has 1 aromatic heterocycles. The molecule has 218 valence electrons. The number of carboxylic acid groups (broad SMARTS) is 1. The summed E-state index contributed by atoms with van der Waals surface area (Å²) in [5.41, 5.74) is -1.67. The number of hydrogen-bond donors (Lipinski definition) is 2. The van der Waals surface area contributed by atoms with Crippen molar-refractivity contribution in [1.82, 2.24) is 20.2 Å². The Hall–Kier alpha value is -3.69. The van der Waals surface area contributed by atoms with E-state index in [0.717, 1.165) is 23.4 Å². The van der Waals surface area contributed by atoms with Crippen molar-refractivity contribution in [2.24, 2.45) is 5.92 Å². The number of sulfone groups is 1. The van der Waals surface area contributed by atoms with Crippen LogP contribution in [0, 0.1) is 11.7 Å². The van der Waals surface area contributed by atoms with Crippen LogP contribution in [0.3, 0.4) is 0 Å². The normalized spacial score (nSPS) is 18.6. The lowest BCUT2D eigenvalue weighted by Gasteiger charge is -2.44. The first-order valence-electron chi connectivity index (χ1n) is 12.3. The van der Waals surface area contributed by atoms with Gasteiger partial charge in [0.15, 0.2) is 15.5 Å². The third kappa shape index (κ3) is 6.05. The minimum Gasteiger partial charge on any atom is -0.465 e. The molecule has 16 heteroatoms. The van der Waals surface area contributed by atoms with Crippen LogP contribution >= 0.6 is 0 Å². The lowest BCUT2D eigenvalue weighted by atomic mass is 9.99. The van der Waals surface area contributed by atoms with E-state index in [1.165, 1.54) is 12.1 Å². The van der Waals surface area contributed by atoms with Crippen LogP contribution in [0.4, 0.5) is 34.0 Å². The Balaban J connectivity index is 1.59. The molecule has 11 nitrogen and oxygen atoms in total. The molecule has 1 atom stereocenters. The predicted octanol–water partition coefficient (Wildman–Crippen LogP) is 2.48. The fourth-order valence-electron chi connectivity index (χ4n) is 4.80. The third-order valence-corrected chi connectivity index (χ3v) is 8.01. The summed E-state index contributed by atoms with van der Waals surface area (Å²) in [4.78, 5) is 35.5. The van der Waals surface area contributed by atoms with Gasteiger partial charge in [0.25, 0.3) is 5.91 Å². The Kier molecular flexibility index (Phi) is 7.84. The highest BCUT2D eigenvalue weighted by Crippen LogP contribution is 2.34. The van der Waals surface area contributed by atoms with Crippen molar-refractivity contribution in [2.45, 2.75) is 37.0 Å². The summed E-state index contributed by atoms with van der Waals surface area (Å²) in [6.45, 7) is 4.27. The number of rotatable bonds is 6. The summed E-state index contributed by atoms with van der Waals surface area (Å²) in [6, 6.07) is 2.77. The fraction of sp³-hybridized carbons (Fsp3) is 0.500. The summed E-state index contributed by atoms with van der Waals surface area (Å²) in [5, 5.41) is 10.9. The molecule has 2 saturated heterocycles. The van der Waals surface area contributed by atoms with Crippen LogP contribution in [-0.4, -0.2) is 91.5 Å². The highest BCUT2D eigenvalue weighted by atomic mass is 32.2. The van der Waals surface area contributed by atoms with Gasteiger partial charge in [0.05, 0.1) is 17.6 Å². The van der Waals surface area contributed by atoms with E-state index < -0.39 is 62.1 Å². The number of alkyl halides is 3. The minimum atomic E-state index is -4.96. The summed E-state index contributed by atoms with van der Waals surface area (Å²) >= 11 is 0. The molecule has 0 aliphatic carbocycles. The number of aromatic nitrogens is 2. The summed E-state index contributed by atoms with van der Waals surface area (Å²) in [7, 11) is -3.82. The summed E-state index contributed by atoms with van der Waals surface area (Å²) < 4.78 is 80.2. The predicted molar refractivity (Wildman–Crippen MR) is 136 cm³/mol. The van der Waals surface area contributed by atoms with Gasteiger partial charge in [0.2, 0.25) is 5.95 Å². The minimum absolute atomic E-state index is 0.0774. The molecule has 40 heavy (non-hydrogen) atoms. The maximum absolute atomic E-state index is 14.1. The number of piperazine rings is 1. The van der Waals surface area contributed by atoms with E-state index in [1.54, 1.807) is 4.90 Å².